The maximum atomic E-state index is 12.8. The molecule has 1 aliphatic rings. The van der Waals surface area contributed by atoms with Gasteiger partial charge in [0.05, 0.1) is 6.04 Å². The number of carboxylic acid groups (broad SMARTS) is 1. The lowest BCUT2D eigenvalue weighted by atomic mass is 9.96. The van der Waals surface area contributed by atoms with Crippen molar-refractivity contribution in [2.24, 2.45) is 0 Å². The predicted molar refractivity (Wildman–Crippen MR) is 133 cm³/mol. The quantitative estimate of drug-likeness (QED) is 0.512. The van der Waals surface area contributed by atoms with E-state index in [-0.39, 0.29) is 18.4 Å². The lowest BCUT2D eigenvalue weighted by molar-refractivity contribution is -0.133. The average molecular weight is 483 g/mol. The third-order valence-corrected chi connectivity index (χ3v) is 6.27. The smallest absolute Gasteiger partial charge is 0.290 e. The fourth-order valence-corrected chi connectivity index (χ4v) is 4.48. The van der Waals surface area contributed by atoms with Crippen molar-refractivity contribution in [1.82, 2.24) is 19.4 Å². The van der Waals surface area contributed by atoms with Gasteiger partial charge in [0.1, 0.15) is 5.82 Å². The third-order valence-electron chi connectivity index (χ3n) is 6.02. The van der Waals surface area contributed by atoms with Gasteiger partial charge < -0.3 is 14.6 Å². The summed E-state index contributed by atoms with van der Waals surface area (Å²) in [6, 6.07) is 18.8. The van der Waals surface area contributed by atoms with Gasteiger partial charge in [0.25, 0.3) is 6.47 Å². The van der Waals surface area contributed by atoms with Crippen LogP contribution < -0.4 is 0 Å². The Morgan fingerprint density at radius 2 is 1.68 bits per heavy atom. The molecule has 1 amide bonds. The number of aromatic nitrogens is 2. The number of benzene rings is 2. The summed E-state index contributed by atoms with van der Waals surface area (Å²) < 4.78 is 2.08. The molecule has 0 spiro atoms. The molecule has 2 heterocycles. The first kappa shape index (κ1) is 25.5. The van der Waals surface area contributed by atoms with Gasteiger partial charge in [-0.05, 0) is 23.3 Å². The van der Waals surface area contributed by atoms with E-state index in [1.807, 2.05) is 35.5 Å². The highest BCUT2D eigenvalue weighted by molar-refractivity contribution is 6.30. The molecule has 1 unspecified atom stereocenters. The van der Waals surface area contributed by atoms with Gasteiger partial charge >= 0.3 is 0 Å². The minimum atomic E-state index is -0.250. The minimum absolute atomic E-state index is 0.161. The summed E-state index contributed by atoms with van der Waals surface area (Å²) in [6.07, 6.45) is 5.16. The number of halogens is 1. The van der Waals surface area contributed by atoms with Gasteiger partial charge in [-0.3, -0.25) is 14.5 Å². The summed E-state index contributed by atoms with van der Waals surface area (Å²) in [7, 11) is 0. The largest absolute Gasteiger partial charge is 0.483 e. The third kappa shape index (κ3) is 6.68. The molecule has 180 valence electrons. The number of rotatable bonds is 7. The Kier molecular flexibility index (Phi) is 9.67. The van der Waals surface area contributed by atoms with Gasteiger partial charge in [-0.15, -0.1) is 0 Å². The van der Waals surface area contributed by atoms with E-state index in [0.29, 0.717) is 13.0 Å². The van der Waals surface area contributed by atoms with Crippen LogP contribution in [-0.2, 0) is 22.6 Å². The standard InChI is InChI=1S/C25H29ClN4O.CH2O2/c1-2-23-27-13-15-28(23)14-12-24(31)29-16-18-30(19-17-29)25(20-6-4-3-5-7-20)21-8-10-22(26)11-9-21;2-1-3/h3-11,13,15,25H,2,12,14,16-19H2,1H3;1H,(H,2,3). The molecule has 1 saturated heterocycles. The molecule has 2 aromatic carbocycles. The summed E-state index contributed by atoms with van der Waals surface area (Å²) in [5.41, 5.74) is 2.49. The Morgan fingerprint density at radius 1 is 1.06 bits per heavy atom. The number of amides is 1. The average Bonchev–Trinajstić information content (AvgIpc) is 3.33. The second-order valence-corrected chi connectivity index (χ2v) is 8.46. The number of carbonyl (C=O) groups is 2. The van der Waals surface area contributed by atoms with Crippen molar-refractivity contribution in [3.8, 4) is 0 Å². The van der Waals surface area contributed by atoms with Gasteiger partial charge in [-0.2, -0.15) is 0 Å². The van der Waals surface area contributed by atoms with Crippen LogP contribution in [0.4, 0.5) is 0 Å². The van der Waals surface area contributed by atoms with Gasteiger partial charge in [0.2, 0.25) is 5.91 Å². The topological polar surface area (TPSA) is 78.7 Å². The van der Waals surface area contributed by atoms with Crippen LogP contribution in [0, 0.1) is 0 Å². The van der Waals surface area contributed by atoms with Crippen molar-refractivity contribution in [1.29, 1.82) is 0 Å². The highest BCUT2D eigenvalue weighted by Crippen LogP contribution is 2.30. The van der Waals surface area contributed by atoms with E-state index in [9.17, 15) is 4.79 Å². The number of hydrogen-bond donors (Lipinski definition) is 1. The Balaban J connectivity index is 0.00000103. The number of carbonyl (C=O) groups excluding carboxylic acids is 1. The van der Waals surface area contributed by atoms with Crippen LogP contribution in [0.3, 0.4) is 0 Å². The Hall–Kier alpha value is -3.16. The molecular weight excluding hydrogens is 452 g/mol. The minimum Gasteiger partial charge on any atom is -0.483 e. The van der Waals surface area contributed by atoms with Crippen LogP contribution in [0.1, 0.15) is 36.3 Å². The summed E-state index contributed by atoms with van der Waals surface area (Å²) >= 11 is 6.12. The number of piperazine rings is 1. The van der Waals surface area contributed by atoms with Crippen LogP contribution in [0.2, 0.25) is 5.02 Å². The normalized spacial score (nSPS) is 14.7. The van der Waals surface area contributed by atoms with E-state index >= 15 is 0 Å². The van der Waals surface area contributed by atoms with E-state index < -0.39 is 0 Å². The number of nitrogens with zero attached hydrogens (tertiary/aromatic N) is 4. The highest BCUT2D eigenvalue weighted by atomic mass is 35.5. The second-order valence-electron chi connectivity index (χ2n) is 8.03. The Morgan fingerprint density at radius 3 is 2.29 bits per heavy atom. The molecule has 0 bridgehead atoms. The van der Waals surface area contributed by atoms with Crippen molar-refractivity contribution in [2.45, 2.75) is 32.4 Å². The summed E-state index contributed by atoms with van der Waals surface area (Å²) in [5, 5.41) is 7.63. The first-order valence-electron chi connectivity index (χ1n) is 11.5. The zero-order chi connectivity index (χ0) is 24.3. The maximum Gasteiger partial charge on any atom is 0.290 e. The van der Waals surface area contributed by atoms with Crippen molar-refractivity contribution < 1.29 is 14.7 Å². The van der Waals surface area contributed by atoms with Crippen molar-refractivity contribution in [3.05, 3.63) is 89.0 Å². The summed E-state index contributed by atoms with van der Waals surface area (Å²) in [4.78, 5) is 30.0. The molecule has 1 atom stereocenters. The van der Waals surface area contributed by atoms with Crippen LogP contribution in [0.25, 0.3) is 0 Å². The molecule has 3 aromatic rings. The number of aryl methyl sites for hydroxylation is 2. The van der Waals surface area contributed by atoms with E-state index in [0.717, 1.165) is 43.4 Å². The molecule has 34 heavy (non-hydrogen) atoms. The lowest BCUT2D eigenvalue weighted by Crippen LogP contribution is -2.50. The van der Waals surface area contributed by atoms with Gasteiger partial charge in [0, 0.05) is 63.0 Å². The maximum absolute atomic E-state index is 12.8. The molecular formula is C26H31ClN4O3. The molecule has 0 saturated carbocycles. The second kappa shape index (κ2) is 12.9. The zero-order valence-corrected chi connectivity index (χ0v) is 20.1. The molecule has 1 fully saturated rings. The molecule has 8 heteroatoms. The molecule has 1 aromatic heterocycles. The van der Waals surface area contributed by atoms with Crippen LogP contribution in [0.5, 0.6) is 0 Å². The molecule has 4 rings (SSSR count). The lowest BCUT2D eigenvalue weighted by Gasteiger charge is -2.40. The van der Waals surface area contributed by atoms with Crippen LogP contribution in [-0.4, -0.2) is 63.0 Å². The first-order chi connectivity index (χ1) is 16.6. The fraction of sp³-hybridized carbons (Fsp3) is 0.346. The van der Waals surface area contributed by atoms with Gasteiger partial charge in [0.15, 0.2) is 0 Å². The van der Waals surface area contributed by atoms with E-state index in [4.69, 9.17) is 21.5 Å². The Labute approximate surface area is 205 Å². The first-order valence-corrected chi connectivity index (χ1v) is 11.8. The van der Waals surface area contributed by atoms with E-state index in [2.05, 4.69) is 57.8 Å². The summed E-state index contributed by atoms with van der Waals surface area (Å²) in [6.45, 7) is 5.72. The molecule has 1 N–H and O–H groups in total. The fourth-order valence-electron chi connectivity index (χ4n) is 4.36. The summed E-state index contributed by atoms with van der Waals surface area (Å²) in [5.74, 6) is 1.25. The predicted octanol–water partition coefficient (Wildman–Crippen LogP) is 4.12. The zero-order valence-electron chi connectivity index (χ0n) is 19.4. The molecule has 7 nitrogen and oxygen atoms in total. The van der Waals surface area contributed by atoms with E-state index in [1.54, 1.807) is 0 Å². The molecule has 0 aliphatic carbocycles. The van der Waals surface area contributed by atoms with Gasteiger partial charge in [-0.25, -0.2) is 4.98 Å². The highest BCUT2D eigenvalue weighted by Gasteiger charge is 2.28. The monoisotopic (exact) mass is 482 g/mol. The molecule has 1 aliphatic heterocycles. The van der Waals surface area contributed by atoms with Crippen LogP contribution >= 0.6 is 11.6 Å². The number of hydrogen-bond acceptors (Lipinski definition) is 4. The van der Waals surface area contributed by atoms with Crippen molar-refractivity contribution in [2.75, 3.05) is 26.2 Å². The SMILES string of the molecule is CCc1nccn1CCC(=O)N1CCN(C(c2ccccc2)c2ccc(Cl)cc2)CC1.O=CO. The molecule has 0 radical (unpaired) electrons. The van der Waals surface area contributed by atoms with Crippen molar-refractivity contribution in [3.63, 3.8) is 0 Å². The van der Waals surface area contributed by atoms with Gasteiger partial charge in [-0.1, -0.05) is 61.0 Å². The number of imidazole rings is 1. The van der Waals surface area contributed by atoms with Crippen molar-refractivity contribution >= 4 is 24.0 Å². The van der Waals surface area contributed by atoms with Crippen LogP contribution in [0.15, 0.2) is 67.0 Å². The Bertz CT molecular complexity index is 1030. The van der Waals surface area contributed by atoms with E-state index in [1.165, 1.54) is 11.1 Å².